The molecule has 2 amide bonds. The number of ether oxygens (including phenoxy) is 7. The van der Waals surface area contributed by atoms with Gasteiger partial charge in [-0.25, -0.2) is 14.6 Å². The molecule has 5 heterocycles. The third-order valence-corrected chi connectivity index (χ3v) is 12.9. The molecule has 3 unspecified atom stereocenters. The second-order valence-corrected chi connectivity index (χ2v) is 17.9. The van der Waals surface area contributed by atoms with Crippen LogP contribution in [0.4, 0.5) is 9.59 Å². The van der Waals surface area contributed by atoms with E-state index in [1.165, 1.54) is 0 Å². The highest BCUT2D eigenvalue weighted by atomic mass is 35.5. The molecular weight excluding hydrogens is 784 g/mol. The monoisotopic (exact) mass is 848 g/mol. The summed E-state index contributed by atoms with van der Waals surface area (Å²) < 4.78 is 44.7. The fourth-order valence-corrected chi connectivity index (χ4v) is 9.58. The van der Waals surface area contributed by atoms with Gasteiger partial charge in [-0.1, -0.05) is 57.5 Å². The predicted molar refractivity (Wildman–Crippen MR) is 219 cm³/mol. The van der Waals surface area contributed by atoms with Crippen LogP contribution in [0.3, 0.4) is 0 Å². The molecule has 14 atom stereocenters. The van der Waals surface area contributed by atoms with Crippen LogP contribution in [0.25, 0.3) is 0 Å². The number of amides is 2. The summed E-state index contributed by atoms with van der Waals surface area (Å²) in [7, 11) is 3.83. The van der Waals surface area contributed by atoms with Gasteiger partial charge in [0.15, 0.2) is 11.9 Å². The minimum atomic E-state index is -1.27. The van der Waals surface area contributed by atoms with E-state index in [9.17, 15) is 19.5 Å². The summed E-state index contributed by atoms with van der Waals surface area (Å²) in [6.07, 6.45) is -1.13. The Morgan fingerprint density at radius 2 is 1.88 bits per heavy atom. The average Bonchev–Trinajstić information content (AvgIpc) is 3.51. The van der Waals surface area contributed by atoms with E-state index in [2.05, 4.69) is 29.1 Å². The lowest BCUT2D eigenvalue weighted by atomic mass is 9.71. The summed E-state index contributed by atoms with van der Waals surface area (Å²) in [6.45, 7) is 19.9. The Kier molecular flexibility index (Phi) is 15.5. The topological polar surface area (TPSA) is 176 Å². The molecule has 1 aromatic heterocycles. The number of aromatic nitrogens is 1. The van der Waals surface area contributed by atoms with Crippen LogP contribution >= 0.6 is 11.6 Å². The highest BCUT2D eigenvalue weighted by molar-refractivity contribution is 6.29. The van der Waals surface area contributed by atoms with E-state index in [0.29, 0.717) is 30.0 Å². The van der Waals surface area contributed by atoms with Gasteiger partial charge in [-0.2, -0.15) is 0 Å². The normalized spacial score (nSPS) is 39.2. The van der Waals surface area contributed by atoms with Crippen molar-refractivity contribution in [3.63, 3.8) is 0 Å². The van der Waals surface area contributed by atoms with Crippen LogP contribution < -0.4 is 10.6 Å². The molecule has 1 aromatic rings. The van der Waals surface area contributed by atoms with Gasteiger partial charge in [-0.3, -0.25) is 4.79 Å². The number of carbonyl (C=O) groups is 3. The molecule has 0 spiro atoms. The number of carbonyl (C=O) groups excluding carboxylic acids is 3. The van der Waals surface area contributed by atoms with Gasteiger partial charge in [0.2, 0.25) is 0 Å². The summed E-state index contributed by atoms with van der Waals surface area (Å²) in [5.41, 5.74) is -0.112. The molecular formula is C43H65ClN4O11. The Morgan fingerprint density at radius 3 is 2.54 bits per heavy atom. The lowest BCUT2D eigenvalue weighted by Gasteiger charge is -2.49. The average molecular weight is 849 g/mol. The first-order chi connectivity index (χ1) is 27.8. The van der Waals surface area contributed by atoms with E-state index in [0.717, 1.165) is 11.1 Å². The zero-order valence-corrected chi connectivity index (χ0v) is 37.0. The van der Waals surface area contributed by atoms with Gasteiger partial charge >= 0.3 is 18.2 Å². The Labute approximate surface area is 353 Å². The molecule has 330 valence electrons. The van der Waals surface area contributed by atoms with Crippen LogP contribution in [0.2, 0.25) is 5.15 Å². The number of likely N-dealkylation sites (N-methyl/N-ethyl adjacent to an activating group) is 1. The molecule has 4 fully saturated rings. The quantitative estimate of drug-likeness (QED) is 0.128. The molecule has 59 heavy (non-hydrogen) atoms. The van der Waals surface area contributed by atoms with E-state index in [1.807, 2.05) is 59.7 Å². The first-order valence-electron chi connectivity index (χ1n) is 20.8. The number of pyridine rings is 1. The van der Waals surface area contributed by atoms with Crippen LogP contribution in [-0.4, -0.2) is 127 Å². The van der Waals surface area contributed by atoms with Gasteiger partial charge in [0.05, 0.1) is 49.1 Å². The maximum Gasteiger partial charge on any atom is 0.408 e. The number of alkyl carbamates (subject to hydrolysis) is 2. The summed E-state index contributed by atoms with van der Waals surface area (Å²) >= 11 is 5.91. The third-order valence-electron chi connectivity index (χ3n) is 12.6. The summed E-state index contributed by atoms with van der Waals surface area (Å²) in [5.74, 6) is -2.55. The largest absolute Gasteiger partial charge is 0.458 e. The molecule has 15 nitrogen and oxygen atoms in total. The number of hydrogen-bond donors (Lipinski definition) is 3. The molecule has 0 saturated carbocycles. The number of rotatable bonds is 8. The Balaban J connectivity index is 1.57. The molecule has 4 saturated heterocycles. The van der Waals surface area contributed by atoms with Crippen molar-refractivity contribution in [1.29, 1.82) is 0 Å². The summed E-state index contributed by atoms with van der Waals surface area (Å²) in [5, 5.41) is 17.8. The molecule has 16 heteroatoms. The number of nitrogens with one attached hydrogen (secondary N) is 2. The second-order valence-electron chi connectivity index (χ2n) is 17.5. The molecule has 0 aromatic carbocycles. The number of aliphatic hydroxyl groups excluding tert-OH is 1. The first kappa shape index (κ1) is 46.8. The van der Waals surface area contributed by atoms with Crippen molar-refractivity contribution in [1.82, 2.24) is 20.5 Å². The zero-order chi connectivity index (χ0) is 43.4. The highest BCUT2D eigenvalue weighted by Crippen LogP contribution is 2.44. The van der Waals surface area contributed by atoms with Crippen LogP contribution in [0.1, 0.15) is 80.2 Å². The van der Waals surface area contributed by atoms with E-state index in [1.54, 1.807) is 32.2 Å². The zero-order valence-electron chi connectivity index (χ0n) is 36.2. The van der Waals surface area contributed by atoms with Gasteiger partial charge in [0.25, 0.3) is 0 Å². The number of halogens is 1. The molecule has 0 radical (unpaired) electrons. The summed E-state index contributed by atoms with van der Waals surface area (Å²) in [6, 6.07) is 2.51. The van der Waals surface area contributed by atoms with Crippen LogP contribution in [0, 0.1) is 23.7 Å². The van der Waals surface area contributed by atoms with Crippen molar-refractivity contribution in [2.24, 2.45) is 23.7 Å². The maximum atomic E-state index is 14.3. The third kappa shape index (κ3) is 10.8. The maximum absolute atomic E-state index is 14.3. The van der Waals surface area contributed by atoms with E-state index in [4.69, 9.17) is 44.8 Å². The number of hydrogen-bond acceptors (Lipinski definition) is 13. The number of cyclic esters (lactones) is 1. The number of fused-ring (bicyclic) bond motifs is 4. The molecule has 2 bridgehead atoms. The minimum Gasteiger partial charge on any atom is -0.458 e. The van der Waals surface area contributed by atoms with Crippen LogP contribution in [-0.2, 0) is 44.5 Å². The lowest BCUT2D eigenvalue weighted by molar-refractivity contribution is -0.302. The van der Waals surface area contributed by atoms with Crippen molar-refractivity contribution < 1.29 is 52.6 Å². The van der Waals surface area contributed by atoms with Crippen molar-refractivity contribution in [3.05, 3.63) is 52.8 Å². The van der Waals surface area contributed by atoms with Gasteiger partial charge in [-0.15, -0.1) is 0 Å². The standard InChI is InChI=1S/C43H65ClN4O11/c1-12-32-43(9)36(47-41(52)59-43)26(5)30(15-16-53-40(51)46-20-29-13-14-33(44)45-19-29)24(3)18-42(8)37(58-39-34(49)31(48(10)11)17-25(4)56-39)27(6)35(28(7)38(50)57-32)54-21-23(2)22-55-42/h13-15,19,24-28,31-32,34-37,39,49H,2,12,16-18,20-22H2,1,3-11H3,(H,46,51)(H,47,52)/b30-15+/t24-,25-,26+,27+,28-,31+,32-,34-,35?,36?,37-,39?,42-,43-/m1/s1. The fraction of sp³-hybridized carbons (Fsp3) is 0.721. The van der Waals surface area contributed by atoms with E-state index in [-0.39, 0.29) is 44.4 Å². The highest BCUT2D eigenvalue weighted by Gasteiger charge is 2.57. The van der Waals surface area contributed by atoms with Crippen molar-refractivity contribution in [3.8, 4) is 0 Å². The van der Waals surface area contributed by atoms with Crippen molar-refractivity contribution in [2.45, 2.75) is 141 Å². The summed E-state index contributed by atoms with van der Waals surface area (Å²) in [4.78, 5) is 46.4. The Bertz CT molecular complexity index is 1680. The molecule has 4 aliphatic heterocycles. The van der Waals surface area contributed by atoms with Gasteiger partial charge < -0.3 is 53.8 Å². The Morgan fingerprint density at radius 1 is 1.15 bits per heavy atom. The van der Waals surface area contributed by atoms with Gasteiger partial charge in [-0.05, 0) is 90.2 Å². The van der Waals surface area contributed by atoms with Gasteiger partial charge in [0.1, 0.15) is 24.0 Å². The SMILES string of the molecule is C=C1COC2[C@@H](C)C(=O)O[C@H](CC)[C@@]3(C)OC(=O)NC3[C@@H](C)/C(=C/COC(=O)NCc3ccc(Cl)nc3)[C@H](C)C[C@@](C)(OC1)[C@H](OC1O[C@H](C)C[C@H](N(C)C)[C@H]1O)[C@H]2C. The fourth-order valence-electron chi connectivity index (χ4n) is 9.47. The van der Waals surface area contributed by atoms with Crippen LogP contribution in [0.15, 0.2) is 42.1 Å². The number of aliphatic hydroxyl groups is 1. The first-order valence-corrected chi connectivity index (χ1v) is 21.1. The number of nitrogens with zero attached hydrogens (tertiary/aromatic N) is 2. The van der Waals surface area contributed by atoms with Crippen molar-refractivity contribution in [2.75, 3.05) is 33.9 Å². The van der Waals surface area contributed by atoms with Gasteiger partial charge in [0, 0.05) is 30.6 Å². The van der Waals surface area contributed by atoms with Crippen molar-refractivity contribution >= 4 is 29.8 Å². The molecule has 4 aliphatic rings. The lowest BCUT2D eigenvalue weighted by Crippen LogP contribution is -2.60. The predicted octanol–water partition coefficient (Wildman–Crippen LogP) is 5.57. The Hall–Kier alpha value is -3.31. The second kappa shape index (κ2) is 19.6. The smallest absolute Gasteiger partial charge is 0.408 e. The number of esters is 1. The minimum absolute atomic E-state index is 0.0940. The van der Waals surface area contributed by atoms with E-state index < -0.39 is 83.9 Å². The van der Waals surface area contributed by atoms with E-state index >= 15 is 0 Å². The molecule has 5 rings (SSSR count). The molecule has 0 aliphatic carbocycles. The molecule has 3 N–H and O–H groups in total. The van der Waals surface area contributed by atoms with Crippen LogP contribution in [0.5, 0.6) is 0 Å².